The summed E-state index contributed by atoms with van der Waals surface area (Å²) in [6.45, 7) is 10.5. The normalized spacial score (nSPS) is 26.2. The Morgan fingerprint density at radius 1 is 1.17 bits per heavy atom. The zero-order valence-electron chi connectivity index (χ0n) is 12.3. The molecule has 0 bridgehead atoms. The summed E-state index contributed by atoms with van der Waals surface area (Å²) >= 11 is 0. The average molecular weight is 253 g/mol. The van der Waals surface area contributed by atoms with Crippen LogP contribution in [0.1, 0.15) is 46.0 Å². The zero-order valence-corrected chi connectivity index (χ0v) is 12.3. The first-order valence-electron chi connectivity index (χ1n) is 7.78. The maximum atomic E-state index is 6.60. The monoisotopic (exact) mass is 253 g/mol. The van der Waals surface area contributed by atoms with Crippen LogP contribution >= 0.6 is 0 Å². The van der Waals surface area contributed by atoms with Gasteiger partial charge in [-0.2, -0.15) is 0 Å². The summed E-state index contributed by atoms with van der Waals surface area (Å²) in [7, 11) is 0. The minimum absolute atomic E-state index is 0.249. The van der Waals surface area contributed by atoms with Crippen molar-refractivity contribution in [2.75, 3.05) is 32.7 Å². The van der Waals surface area contributed by atoms with Crippen LogP contribution in [0.3, 0.4) is 0 Å². The quantitative estimate of drug-likeness (QED) is 0.803. The van der Waals surface area contributed by atoms with E-state index in [1.54, 1.807) is 0 Å². The van der Waals surface area contributed by atoms with E-state index in [9.17, 15) is 0 Å². The third-order valence-corrected chi connectivity index (χ3v) is 4.90. The Morgan fingerprint density at radius 2 is 1.78 bits per heavy atom. The lowest BCUT2D eigenvalue weighted by Gasteiger charge is -2.42. The van der Waals surface area contributed by atoms with E-state index in [2.05, 4.69) is 24.1 Å². The fourth-order valence-corrected chi connectivity index (χ4v) is 3.68. The van der Waals surface area contributed by atoms with Crippen LogP contribution in [0.5, 0.6) is 0 Å². The lowest BCUT2D eigenvalue weighted by Crippen LogP contribution is -2.53. The summed E-state index contributed by atoms with van der Waals surface area (Å²) in [5, 5.41) is 3.42. The fraction of sp³-hybridized carbons (Fsp3) is 1.00. The molecule has 0 amide bonds. The number of rotatable bonds is 4. The van der Waals surface area contributed by atoms with Gasteiger partial charge in [0.15, 0.2) is 0 Å². The van der Waals surface area contributed by atoms with Gasteiger partial charge in [0, 0.05) is 38.8 Å². The summed E-state index contributed by atoms with van der Waals surface area (Å²) < 4.78 is 0. The molecular formula is C15H31N3. The van der Waals surface area contributed by atoms with Crippen molar-refractivity contribution in [3.8, 4) is 0 Å². The smallest absolute Gasteiger partial charge is 0.0131 e. The molecule has 18 heavy (non-hydrogen) atoms. The molecule has 0 aromatic rings. The Bertz CT molecular complexity index is 240. The van der Waals surface area contributed by atoms with Gasteiger partial charge in [-0.3, -0.25) is 0 Å². The van der Waals surface area contributed by atoms with E-state index in [-0.39, 0.29) is 5.41 Å². The van der Waals surface area contributed by atoms with Crippen molar-refractivity contribution in [3.05, 3.63) is 0 Å². The fourth-order valence-electron chi connectivity index (χ4n) is 3.68. The van der Waals surface area contributed by atoms with Crippen molar-refractivity contribution in [2.45, 2.75) is 52.0 Å². The lowest BCUT2D eigenvalue weighted by atomic mass is 9.72. The average Bonchev–Trinajstić information content (AvgIpc) is 2.39. The summed E-state index contributed by atoms with van der Waals surface area (Å²) in [6.07, 6.45) is 6.91. The van der Waals surface area contributed by atoms with Crippen LogP contribution in [0.15, 0.2) is 0 Å². The van der Waals surface area contributed by atoms with Gasteiger partial charge >= 0.3 is 0 Å². The van der Waals surface area contributed by atoms with Gasteiger partial charge in [0.05, 0.1) is 0 Å². The first-order chi connectivity index (χ1) is 8.59. The lowest BCUT2D eigenvalue weighted by molar-refractivity contribution is 0.104. The maximum absolute atomic E-state index is 6.60. The molecule has 0 radical (unpaired) electrons. The van der Waals surface area contributed by atoms with Gasteiger partial charge in [-0.05, 0) is 24.2 Å². The van der Waals surface area contributed by atoms with E-state index >= 15 is 0 Å². The molecule has 3 heteroatoms. The third kappa shape index (κ3) is 3.69. The number of nitrogens with zero attached hydrogens (tertiary/aromatic N) is 1. The predicted molar refractivity (Wildman–Crippen MR) is 77.6 cm³/mol. The molecule has 1 saturated carbocycles. The number of nitrogens with one attached hydrogen (secondary N) is 1. The highest BCUT2D eigenvalue weighted by Crippen LogP contribution is 2.34. The highest BCUT2D eigenvalue weighted by molar-refractivity contribution is 4.90. The Balaban J connectivity index is 1.86. The van der Waals surface area contributed by atoms with E-state index in [0.29, 0.717) is 6.04 Å². The molecule has 1 unspecified atom stereocenters. The third-order valence-electron chi connectivity index (χ3n) is 4.90. The summed E-state index contributed by atoms with van der Waals surface area (Å²) in [6, 6.07) is 0.368. The molecule has 1 atom stereocenters. The van der Waals surface area contributed by atoms with Crippen LogP contribution in [0.2, 0.25) is 0 Å². The molecule has 1 saturated heterocycles. The summed E-state index contributed by atoms with van der Waals surface area (Å²) in [4.78, 5) is 2.58. The van der Waals surface area contributed by atoms with Crippen LogP contribution < -0.4 is 11.1 Å². The van der Waals surface area contributed by atoms with Crippen LogP contribution in [0.25, 0.3) is 0 Å². The van der Waals surface area contributed by atoms with Crippen LogP contribution in [0.4, 0.5) is 0 Å². The van der Waals surface area contributed by atoms with E-state index in [4.69, 9.17) is 5.73 Å². The molecule has 2 fully saturated rings. The number of hydrogen-bond acceptors (Lipinski definition) is 3. The number of nitrogens with two attached hydrogens (primary N) is 1. The van der Waals surface area contributed by atoms with Gasteiger partial charge in [0.2, 0.25) is 0 Å². The predicted octanol–water partition coefficient (Wildman–Crippen LogP) is 1.83. The number of hydrogen-bond donors (Lipinski definition) is 2. The first kappa shape index (κ1) is 14.3. The molecule has 1 aliphatic carbocycles. The molecule has 106 valence electrons. The minimum Gasteiger partial charge on any atom is -0.327 e. The maximum Gasteiger partial charge on any atom is 0.0131 e. The second-order valence-electron chi connectivity index (χ2n) is 6.94. The van der Waals surface area contributed by atoms with Crippen molar-refractivity contribution in [1.29, 1.82) is 0 Å². The standard InChI is InChI=1S/C15H31N3/c1-15(2,12-18-10-8-17-9-11-18)14(16)13-6-4-3-5-7-13/h13-14,17H,3-12,16H2,1-2H3. The highest BCUT2D eigenvalue weighted by atomic mass is 15.2. The van der Waals surface area contributed by atoms with E-state index in [0.717, 1.165) is 25.6 Å². The molecular weight excluding hydrogens is 222 g/mol. The molecule has 0 aromatic heterocycles. The highest BCUT2D eigenvalue weighted by Gasteiger charge is 2.34. The van der Waals surface area contributed by atoms with Crippen molar-refractivity contribution in [1.82, 2.24) is 10.2 Å². The summed E-state index contributed by atoms with van der Waals surface area (Å²) in [5.41, 5.74) is 6.85. The molecule has 0 aromatic carbocycles. The Morgan fingerprint density at radius 3 is 2.39 bits per heavy atom. The van der Waals surface area contributed by atoms with Gasteiger partial charge in [-0.1, -0.05) is 33.1 Å². The zero-order chi connectivity index (χ0) is 13.0. The van der Waals surface area contributed by atoms with Crippen molar-refractivity contribution >= 4 is 0 Å². The largest absolute Gasteiger partial charge is 0.327 e. The van der Waals surface area contributed by atoms with E-state index < -0.39 is 0 Å². The molecule has 2 aliphatic rings. The van der Waals surface area contributed by atoms with Gasteiger partial charge in [-0.25, -0.2) is 0 Å². The topological polar surface area (TPSA) is 41.3 Å². The summed E-state index contributed by atoms with van der Waals surface area (Å²) in [5.74, 6) is 0.761. The number of piperazine rings is 1. The minimum atomic E-state index is 0.249. The molecule has 1 aliphatic heterocycles. The first-order valence-corrected chi connectivity index (χ1v) is 7.78. The molecule has 2 rings (SSSR count). The van der Waals surface area contributed by atoms with Gasteiger partial charge in [0.1, 0.15) is 0 Å². The molecule has 0 spiro atoms. The Labute approximate surface area is 112 Å². The molecule has 3 nitrogen and oxygen atoms in total. The molecule has 3 N–H and O–H groups in total. The Kier molecular flexibility index (Phi) is 5.05. The van der Waals surface area contributed by atoms with Crippen LogP contribution in [0, 0.1) is 11.3 Å². The van der Waals surface area contributed by atoms with Crippen molar-refractivity contribution in [3.63, 3.8) is 0 Å². The molecule has 1 heterocycles. The van der Waals surface area contributed by atoms with E-state index in [1.165, 1.54) is 45.2 Å². The van der Waals surface area contributed by atoms with Crippen LogP contribution in [-0.2, 0) is 0 Å². The van der Waals surface area contributed by atoms with Gasteiger partial charge < -0.3 is 16.0 Å². The second kappa shape index (κ2) is 6.36. The Hall–Kier alpha value is -0.120. The SMILES string of the molecule is CC(C)(CN1CCNCC1)C(N)C1CCCCC1. The second-order valence-corrected chi connectivity index (χ2v) is 6.94. The van der Waals surface area contributed by atoms with Crippen molar-refractivity contribution < 1.29 is 0 Å². The van der Waals surface area contributed by atoms with Crippen LogP contribution in [-0.4, -0.2) is 43.7 Å². The van der Waals surface area contributed by atoms with Crippen molar-refractivity contribution in [2.24, 2.45) is 17.1 Å². The van der Waals surface area contributed by atoms with E-state index in [1.807, 2.05) is 0 Å². The van der Waals surface area contributed by atoms with Gasteiger partial charge in [-0.15, -0.1) is 0 Å². The van der Waals surface area contributed by atoms with Gasteiger partial charge in [0.25, 0.3) is 0 Å².